The monoisotopic (exact) mass is 357 g/mol. The Kier molecular flexibility index (Phi) is 4.90. The van der Waals surface area contributed by atoms with E-state index in [1.807, 2.05) is 30.5 Å². The Bertz CT molecular complexity index is 767. The molecule has 0 saturated heterocycles. The van der Waals surface area contributed by atoms with E-state index in [2.05, 4.69) is 15.6 Å². The number of carbonyl (C=O) groups is 2. The summed E-state index contributed by atoms with van der Waals surface area (Å²) < 4.78 is 0. The number of carbonyl (C=O) groups excluding carboxylic acids is 2. The van der Waals surface area contributed by atoms with Crippen molar-refractivity contribution in [2.45, 2.75) is 45.2 Å². The van der Waals surface area contributed by atoms with E-state index in [-0.39, 0.29) is 17.9 Å². The predicted octanol–water partition coefficient (Wildman–Crippen LogP) is 3.23. The Balaban J connectivity index is 1.72. The highest BCUT2D eigenvalue weighted by Crippen LogP contribution is 2.41. The molecule has 25 heavy (non-hydrogen) atoms. The van der Waals surface area contributed by atoms with Gasteiger partial charge in [0, 0.05) is 6.20 Å². The molecule has 132 valence electrons. The number of aromatic nitrogens is 1. The fourth-order valence-corrected chi connectivity index (χ4v) is 3.41. The summed E-state index contributed by atoms with van der Waals surface area (Å²) >= 11 is 1.36. The second kappa shape index (κ2) is 6.96. The summed E-state index contributed by atoms with van der Waals surface area (Å²) in [6.45, 7) is 5.46. The lowest BCUT2D eigenvalue weighted by Gasteiger charge is -2.28. The standard InChI is InChI=1S/C19H23N3O2S/c1-12-6-4-10-20-15(12)16(13-8-9-13)21-18(24)19(2,3)22-17(23)14-7-5-11-25-14/h4-7,10-11,13,16H,8-9H2,1-3H3,(H,21,24)(H,22,23)/t16-/m0/s1. The van der Waals surface area contributed by atoms with E-state index in [4.69, 9.17) is 0 Å². The fourth-order valence-electron chi connectivity index (χ4n) is 2.79. The Morgan fingerprint density at radius 2 is 2.04 bits per heavy atom. The van der Waals surface area contributed by atoms with Crippen molar-refractivity contribution >= 4 is 23.2 Å². The lowest BCUT2D eigenvalue weighted by molar-refractivity contribution is -0.127. The Hall–Kier alpha value is -2.21. The number of rotatable bonds is 6. The van der Waals surface area contributed by atoms with E-state index in [0.717, 1.165) is 24.1 Å². The lowest BCUT2D eigenvalue weighted by Crippen LogP contribution is -2.55. The highest BCUT2D eigenvalue weighted by molar-refractivity contribution is 7.12. The fraction of sp³-hybridized carbons (Fsp3) is 0.421. The summed E-state index contributed by atoms with van der Waals surface area (Å²) in [5.41, 5.74) is 0.982. The van der Waals surface area contributed by atoms with Crippen LogP contribution in [0.15, 0.2) is 35.8 Å². The first-order chi connectivity index (χ1) is 11.9. The van der Waals surface area contributed by atoms with Crippen molar-refractivity contribution in [3.8, 4) is 0 Å². The van der Waals surface area contributed by atoms with E-state index in [1.165, 1.54) is 11.3 Å². The van der Waals surface area contributed by atoms with Gasteiger partial charge in [-0.15, -0.1) is 11.3 Å². The van der Waals surface area contributed by atoms with Crippen molar-refractivity contribution in [2.75, 3.05) is 0 Å². The normalized spacial score (nSPS) is 15.5. The largest absolute Gasteiger partial charge is 0.345 e. The molecule has 1 fully saturated rings. The summed E-state index contributed by atoms with van der Waals surface area (Å²) in [5, 5.41) is 7.78. The molecule has 2 aromatic rings. The van der Waals surface area contributed by atoms with Crippen LogP contribution in [0.2, 0.25) is 0 Å². The molecule has 1 aliphatic rings. The molecule has 1 atom stereocenters. The molecular weight excluding hydrogens is 334 g/mol. The van der Waals surface area contributed by atoms with Gasteiger partial charge in [-0.05, 0) is 62.6 Å². The molecule has 0 spiro atoms. The number of thiophene rings is 1. The number of nitrogens with zero attached hydrogens (tertiary/aromatic N) is 1. The van der Waals surface area contributed by atoms with Crippen LogP contribution in [0.4, 0.5) is 0 Å². The van der Waals surface area contributed by atoms with E-state index in [1.54, 1.807) is 26.1 Å². The molecular formula is C19H23N3O2S. The van der Waals surface area contributed by atoms with E-state index in [9.17, 15) is 9.59 Å². The van der Waals surface area contributed by atoms with Gasteiger partial charge in [0.2, 0.25) is 5.91 Å². The molecule has 0 bridgehead atoms. The van der Waals surface area contributed by atoms with E-state index >= 15 is 0 Å². The SMILES string of the molecule is Cc1cccnc1[C@@H](NC(=O)C(C)(C)NC(=O)c1cccs1)C1CC1. The summed E-state index contributed by atoms with van der Waals surface area (Å²) in [6.07, 6.45) is 3.93. The lowest BCUT2D eigenvalue weighted by atomic mass is 9.99. The molecule has 0 radical (unpaired) electrons. The zero-order chi connectivity index (χ0) is 18.0. The van der Waals surface area contributed by atoms with Crippen molar-refractivity contribution in [3.63, 3.8) is 0 Å². The maximum Gasteiger partial charge on any atom is 0.262 e. The minimum Gasteiger partial charge on any atom is -0.345 e. The van der Waals surface area contributed by atoms with Gasteiger partial charge >= 0.3 is 0 Å². The first kappa shape index (κ1) is 17.6. The molecule has 2 amide bonds. The third kappa shape index (κ3) is 4.07. The summed E-state index contributed by atoms with van der Waals surface area (Å²) in [5.74, 6) is -0.00662. The Morgan fingerprint density at radius 3 is 2.64 bits per heavy atom. The van der Waals surface area contributed by atoms with Crippen LogP contribution in [0.5, 0.6) is 0 Å². The molecule has 2 N–H and O–H groups in total. The minimum atomic E-state index is -1.00. The number of hydrogen-bond donors (Lipinski definition) is 2. The van der Waals surface area contributed by atoms with Gasteiger partial charge in [0.15, 0.2) is 0 Å². The molecule has 6 heteroatoms. The van der Waals surface area contributed by atoms with Crippen LogP contribution < -0.4 is 10.6 Å². The van der Waals surface area contributed by atoms with Gasteiger partial charge in [0.25, 0.3) is 5.91 Å². The summed E-state index contributed by atoms with van der Waals surface area (Å²) in [4.78, 5) is 30.2. The highest BCUT2D eigenvalue weighted by Gasteiger charge is 2.38. The third-order valence-electron chi connectivity index (χ3n) is 4.46. The quantitative estimate of drug-likeness (QED) is 0.834. The molecule has 3 rings (SSSR count). The van der Waals surface area contributed by atoms with Gasteiger partial charge in [-0.1, -0.05) is 12.1 Å². The maximum atomic E-state index is 12.8. The van der Waals surface area contributed by atoms with Crippen molar-refractivity contribution in [2.24, 2.45) is 5.92 Å². The molecule has 2 heterocycles. The number of nitrogens with one attached hydrogen (secondary N) is 2. The molecule has 0 unspecified atom stereocenters. The molecule has 1 aliphatic carbocycles. The molecule has 0 aromatic carbocycles. The van der Waals surface area contributed by atoms with Crippen molar-refractivity contribution in [3.05, 3.63) is 52.0 Å². The van der Waals surface area contributed by atoms with Crippen LogP contribution in [0.1, 0.15) is 53.7 Å². The Labute approximate surface area is 151 Å². The van der Waals surface area contributed by atoms with Gasteiger partial charge in [-0.3, -0.25) is 14.6 Å². The van der Waals surface area contributed by atoms with Gasteiger partial charge < -0.3 is 10.6 Å². The second-order valence-corrected chi connectivity index (χ2v) is 8.00. The minimum absolute atomic E-state index is 0.105. The number of pyridine rings is 1. The first-order valence-corrected chi connectivity index (χ1v) is 9.35. The summed E-state index contributed by atoms with van der Waals surface area (Å²) in [7, 11) is 0. The van der Waals surface area contributed by atoms with Crippen molar-refractivity contribution in [1.29, 1.82) is 0 Å². The molecule has 1 saturated carbocycles. The van der Waals surface area contributed by atoms with Crippen LogP contribution in [0, 0.1) is 12.8 Å². The zero-order valence-corrected chi connectivity index (χ0v) is 15.5. The zero-order valence-electron chi connectivity index (χ0n) is 14.7. The molecule has 2 aromatic heterocycles. The topological polar surface area (TPSA) is 71.1 Å². The number of aryl methyl sites for hydroxylation is 1. The molecule has 5 nitrogen and oxygen atoms in total. The van der Waals surface area contributed by atoms with E-state index in [0.29, 0.717) is 10.8 Å². The Morgan fingerprint density at radius 1 is 1.28 bits per heavy atom. The van der Waals surface area contributed by atoms with Crippen LogP contribution in [-0.2, 0) is 4.79 Å². The van der Waals surface area contributed by atoms with E-state index < -0.39 is 5.54 Å². The third-order valence-corrected chi connectivity index (χ3v) is 5.33. The van der Waals surface area contributed by atoms with Gasteiger partial charge in [0.05, 0.1) is 16.6 Å². The van der Waals surface area contributed by atoms with Gasteiger partial charge in [0.1, 0.15) is 5.54 Å². The van der Waals surface area contributed by atoms with Crippen LogP contribution >= 0.6 is 11.3 Å². The van der Waals surface area contributed by atoms with Gasteiger partial charge in [-0.2, -0.15) is 0 Å². The average molecular weight is 357 g/mol. The predicted molar refractivity (Wildman–Crippen MR) is 98.4 cm³/mol. The number of hydrogen-bond acceptors (Lipinski definition) is 4. The summed E-state index contributed by atoms with van der Waals surface area (Å²) in [6, 6.07) is 7.37. The van der Waals surface area contributed by atoms with Crippen LogP contribution in [0.3, 0.4) is 0 Å². The van der Waals surface area contributed by atoms with Crippen LogP contribution in [-0.4, -0.2) is 22.3 Å². The maximum absolute atomic E-state index is 12.8. The van der Waals surface area contributed by atoms with Crippen molar-refractivity contribution in [1.82, 2.24) is 15.6 Å². The van der Waals surface area contributed by atoms with Crippen molar-refractivity contribution < 1.29 is 9.59 Å². The molecule has 0 aliphatic heterocycles. The smallest absolute Gasteiger partial charge is 0.262 e. The second-order valence-electron chi connectivity index (χ2n) is 7.05. The van der Waals surface area contributed by atoms with Gasteiger partial charge in [-0.25, -0.2) is 0 Å². The average Bonchev–Trinajstić information content (AvgIpc) is 3.25. The number of amides is 2. The first-order valence-electron chi connectivity index (χ1n) is 8.47. The highest BCUT2D eigenvalue weighted by atomic mass is 32.1. The van der Waals surface area contributed by atoms with Crippen LogP contribution in [0.25, 0.3) is 0 Å².